The fourth-order valence-electron chi connectivity index (χ4n) is 3.99. The number of nitrogens with two attached hydrogens (primary N) is 1. The van der Waals surface area contributed by atoms with E-state index in [1.54, 1.807) is 6.20 Å². The van der Waals surface area contributed by atoms with Gasteiger partial charge < -0.3 is 10.8 Å². The van der Waals surface area contributed by atoms with E-state index in [-0.39, 0.29) is 11.3 Å². The van der Waals surface area contributed by atoms with Crippen LogP contribution in [0, 0.1) is 11.3 Å². The topological polar surface area (TPSA) is 93.5 Å². The van der Waals surface area contributed by atoms with Crippen molar-refractivity contribution in [2.75, 3.05) is 5.73 Å². The van der Waals surface area contributed by atoms with Crippen molar-refractivity contribution in [3.8, 4) is 0 Å². The molecular formula is C14H15BrN4O2. The minimum atomic E-state index is -0.656. The molecule has 6 nitrogen and oxygen atoms in total. The molecule has 2 heterocycles. The third-order valence-electron chi connectivity index (χ3n) is 5.00. The van der Waals surface area contributed by atoms with E-state index in [0.29, 0.717) is 11.7 Å². The first kappa shape index (κ1) is 13.1. The summed E-state index contributed by atoms with van der Waals surface area (Å²) in [5.74, 6) is 1.04. The summed E-state index contributed by atoms with van der Waals surface area (Å²) in [6.07, 6.45) is 7.22. The van der Waals surface area contributed by atoms with Crippen LogP contribution in [0.5, 0.6) is 0 Å². The van der Waals surface area contributed by atoms with Gasteiger partial charge in [0, 0.05) is 18.3 Å². The fourth-order valence-corrected chi connectivity index (χ4v) is 4.57. The summed E-state index contributed by atoms with van der Waals surface area (Å²) in [5, 5.41) is 9.00. The van der Waals surface area contributed by atoms with E-state index in [0.717, 1.165) is 41.6 Å². The summed E-state index contributed by atoms with van der Waals surface area (Å²) in [6.45, 7) is 0. The number of halogens is 1. The molecule has 2 aliphatic carbocycles. The molecule has 0 aliphatic heterocycles. The average Bonchev–Trinajstić information content (AvgIpc) is 2.64. The van der Waals surface area contributed by atoms with Gasteiger partial charge in [-0.15, -0.1) is 0 Å². The molecule has 2 aromatic rings. The number of aromatic nitrogens is 3. The molecule has 2 fully saturated rings. The number of carboxylic acid groups (broad SMARTS) is 1. The molecule has 0 aromatic carbocycles. The quantitative estimate of drug-likeness (QED) is 0.867. The number of carbonyl (C=O) groups is 1. The standard InChI is InChI=1S/C14H15BrN4O2/c15-10-9-11(16)17-1-2-19(9)12(18-10)7-3-14(4-7)5-8(6-14)13(20)21/h1-2,7-8H,3-6H2,(H2,16,17)(H,20,21). The second-order valence-electron chi connectivity index (χ2n) is 6.34. The molecule has 1 spiro atoms. The van der Waals surface area contributed by atoms with E-state index in [9.17, 15) is 4.79 Å². The van der Waals surface area contributed by atoms with Gasteiger partial charge in [-0.3, -0.25) is 9.20 Å². The lowest BCUT2D eigenvalue weighted by Gasteiger charge is -2.56. The number of aliphatic carboxylic acids is 1. The predicted octanol–water partition coefficient (Wildman–Crippen LogP) is 2.43. The average molecular weight is 351 g/mol. The molecular weight excluding hydrogens is 336 g/mol. The number of nitrogen functional groups attached to an aromatic ring is 1. The van der Waals surface area contributed by atoms with Crippen molar-refractivity contribution in [2.45, 2.75) is 31.6 Å². The smallest absolute Gasteiger partial charge is 0.306 e. The zero-order valence-electron chi connectivity index (χ0n) is 11.3. The summed E-state index contributed by atoms with van der Waals surface area (Å²) in [6, 6.07) is 0. The van der Waals surface area contributed by atoms with E-state index in [1.807, 2.05) is 10.6 Å². The molecule has 4 rings (SSSR count). The van der Waals surface area contributed by atoms with Gasteiger partial charge in [0.25, 0.3) is 0 Å². The van der Waals surface area contributed by atoms with Crippen molar-refractivity contribution in [2.24, 2.45) is 11.3 Å². The van der Waals surface area contributed by atoms with Crippen LogP contribution in [0.25, 0.3) is 5.52 Å². The number of hydrogen-bond donors (Lipinski definition) is 2. The van der Waals surface area contributed by atoms with Gasteiger partial charge in [0.1, 0.15) is 15.9 Å². The molecule has 2 aromatic heterocycles. The highest BCUT2D eigenvalue weighted by atomic mass is 79.9. The van der Waals surface area contributed by atoms with E-state index >= 15 is 0 Å². The lowest BCUT2D eigenvalue weighted by atomic mass is 9.48. The van der Waals surface area contributed by atoms with Crippen molar-refractivity contribution in [3.63, 3.8) is 0 Å². The van der Waals surface area contributed by atoms with E-state index < -0.39 is 5.97 Å². The van der Waals surface area contributed by atoms with Crippen molar-refractivity contribution < 1.29 is 9.90 Å². The normalized spacial score (nSPS) is 31.1. The molecule has 21 heavy (non-hydrogen) atoms. The Balaban J connectivity index is 1.58. The Hall–Kier alpha value is -1.63. The maximum absolute atomic E-state index is 10.9. The number of fused-ring (bicyclic) bond motifs is 1. The molecule has 0 atom stereocenters. The maximum atomic E-state index is 10.9. The number of anilines is 1. The van der Waals surface area contributed by atoms with Crippen LogP contribution in [0.4, 0.5) is 5.82 Å². The summed E-state index contributed by atoms with van der Waals surface area (Å²) in [7, 11) is 0. The molecule has 2 aliphatic rings. The van der Waals surface area contributed by atoms with Gasteiger partial charge in [0.15, 0.2) is 5.82 Å². The molecule has 0 unspecified atom stereocenters. The van der Waals surface area contributed by atoms with E-state index in [4.69, 9.17) is 10.8 Å². The number of hydrogen-bond acceptors (Lipinski definition) is 4. The summed E-state index contributed by atoms with van der Waals surface area (Å²) in [5.41, 5.74) is 6.96. The van der Waals surface area contributed by atoms with Gasteiger partial charge in [-0.2, -0.15) is 0 Å². The van der Waals surface area contributed by atoms with E-state index in [1.165, 1.54) is 0 Å². The largest absolute Gasteiger partial charge is 0.481 e. The lowest BCUT2D eigenvalue weighted by molar-refractivity contribution is -0.155. The van der Waals surface area contributed by atoms with Crippen LogP contribution in [-0.2, 0) is 4.79 Å². The third-order valence-corrected chi connectivity index (χ3v) is 5.55. The molecule has 110 valence electrons. The Morgan fingerprint density at radius 2 is 2.14 bits per heavy atom. The monoisotopic (exact) mass is 350 g/mol. The third kappa shape index (κ3) is 1.79. The maximum Gasteiger partial charge on any atom is 0.306 e. The summed E-state index contributed by atoms with van der Waals surface area (Å²) in [4.78, 5) is 19.6. The number of rotatable bonds is 2. The van der Waals surface area contributed by atoms with Gasteiger partial charge in [-0.1, -0.05) is 0 Å². The van der Waals surface area contributed by atoms with Gasteiger partial charge in [0.05, 0.1) is 5.92 Å². The zero-order valence-corrected chi connectivity index (χ0v) is 12.9. The number of imidazole rings is 1. The summed E-state index contributed by atoms with van der Waals surface area (Å²) >= 11 is 3.45. The number of carboxylic acids is 1. The van der Waals surface area contributed by atoms with Gasteiger partial charge in [-0.05, 0) is 47.0 Å². The molecule has 3 N–H and O–H groups in total. The molecule has 2 saturated carbocycles. The molecule has 0 radical (unpaired) electrons. The fraction of sp³-hybridized carbons (Fsp3) is 0.500. The van der Waals surface area contributed by atoms with Crippen molar-refractivity contribution in [1.82, 2.24) is 14.4 Å². The zero-order chi connectivity index (χ0) is 14.8. The first-order chi connectivity index (χ1) is 9.99. The second-order valence-corrected chi connectivity index (χ2v) is 7.09. The predicted molar refractivity (Wildman–Crippen MR) is 79.9 cm³/mol. The Morgan fingerprint density at radius 1 is 1.43 bits per heavy atom. The van der Waals surface area contributed by atoms with Crippen LogP contribution < -0.4 is 5.73 Å². The molecule has 0 saturated heterocycles. The van der Waals surface area contributed by atoms with Gasteiger partial charge in [0.2, 0.25) is 0 Å². The van der Waals surface area contributed by atoms with Crippen molar-refractivity contribution in [3.05, 3.63) is 22.8 Å². The highest BCUT2D eigenvalue weighted by molar-refractivity contribution is 9.10. The first-order valence-corrected chi connectivity index (χ1v) is 7.79. The molecule has 0 bridgehead atoms. The molecule has 7 heteroatoms. The number of nitrogens with zero attached hydrogens (tertiary/aromatic N) is 3. The van der Waals surface area contributed by atoms with Gasteiger partial charge >= 0.3 is 5.97 Å². The van der Waals surface area contributed by atoms with Crippen LogP contribution in [-0.4, -0.2) is 25.4 Å². The minimum Gasteiger partial charge on any atom is -0.481 e. The second kappa shape index (κ2) is 4.19. The van der Waals surface area contributed by atoms with Crippen LogP contribution in [0.2, 0.25) is 0 Å². The molecule has 0 amide bonds. The van der Waals surface area contributed by atoms with Gasteiger partial charge in [-0.25, -0.2) is 9.97 Å². The minimum absolute atomic E-state index is 0.144. The summed E-state index contributed by atoms with van der Waals surface area (Å²) < 4.78 is 2.72. The SMILES string of the molecule is Nc1nccn2c(C3CC4(CC(C(=O)O)C4)C3)nc(Br)c12. The Morgan fingerprint density at radius 3 is 2.81 bits per heavy atom. The first-order valence-electron chi connectivity index (χ1n) is 7.00. The highest BCUT2D eigenvalue weighted by Crippen LogP contribution is 2.63. The van der Waals surface area contributed by atoms with Crippen LogP contribution in [0.3, 0.4) is 0 Å². The lowest BCUT2D eigenvalue weighted by Crippen LogP contribution is -2.49. The van der Waals surface area contributed by atoms with Crippen molar-refractivity contribution in [1.29, 1.82) is 0 Å². The van der Waals surface area contributed by atoms with Crippen molar-refractivity contribution >= 4 is 33.2 Å². The van der Waals surface area contributed by atoms with E-state index in [2.05, 4.69) is 25.9 Å². The van der Waals surface area contributed by atoms with Crippen LogP contribution in [0.15, 0.2) is 17.0 Å². The Labute approximate surface area is 129 Å². The Bertz CT molecular complexity index is 743. The van der Waals surface area contributed by atoms with Crippen LogP contribution in [0.1, 0.15) is 37.4 Å². The highest BCUT2D eigenvalue weighted by Gasteiger charge is 2.56. The Kier molecular flexibility index (Phi) is 2.61. The van der Waals surface area contributed by atoms with Crippen LogP contribution >= 0.6 is 15.9 Å².